The van der Waals surface area contributed by atoms with Crippen molar-refractivity contribution in [2.45, 2.75) is 11.8 Å². The normalized spacial score (nSPS) is 10.8. The van der Waals surface area contributed by atoms with E-state index in [-0.39, 0.29) is 17.5 Å². The summed E-state index contributed by atoms with van der Waals surface area (Å²) < 4.78 is 20.5. The molecule has 1 amide bonds. The number of amides is 1. The van der Waals surface area contributed by atoms with Gasteiger partial charge in [0.25, 0.3) is 0 Å². The zero-order chi connectivity index (χ0) is 22.3. The molecule has 0 aliphatic heterocycles. The summed E-state index contributed by atoms with van der Waals surface area (Å²) >= 11 is 1.28. The van der Waals surface area contributed by atoms with Crippen LogP contribution in [0.5, 0.6) is 0 Å². The van der Waals surface area contributed by atoms with E-state index in [1.54, 1.807) is 19.2 Å². The second-order valence-electron chi connectivity index (χ2n) is 6.91. The molecule has 162 valence electrons. The van der Waals surface area contributed by atoms with Crippen molar-refractivity contribution in [3.05, 3.63) is 90.2 Å². The molecule has 32 heavy (non-hydrogen) atoms. The van der Waals surface area contributed by atoms with Crippen LogP contribution in [0.3, 0.4) is 0 Å². The first-order chi connectivity index (χ1) is 15.7. The third-order valence-corrected chi connectivity index (χ3v) is 5.60. The number of carbonyl (C=O) groups is 1. The first kappa shape index (κ1) is 21.7. The lowest BCUT2D eigenvalue weighted by Gasteiger charge is -2.12. The van der Waals surface area contributed by atoms with Gasteiger partial charge < -0.3 is 10.1 Å². The number of nitrogens with one attached hydrogen (secondary N) is 1. The molecule has 8 heteroatoms. The highest BCUT2D eigenvalue weighted by Crippen LogP contribution is 2.28. The maximum atomic E-state index is 13.4. The molecule has 0 aliphatic rings. The van der Waals surface area contributed by atoms with Gasteiger partial charge in [0.05, 0.1) is 12.4 Å². The van der Waals surface area contributed by atoms with Crippen LogP contribution in [0, 0.1) is 5.82 Å². The number of anilines is 1. The number of methoxy groups -OCH3 is 1. The van der Waals surface area contributed by atoms with Gasteiger partial charge >= 0.3 is 0 Å². The number of halogens is 1. The van der Waals surface area contributed by atoms with Crippen molar-refractivity contribution in [2.75, 3.05) is 18.2 Å². The van der Waals surface area contributed by atoms with E-state index in [0.717, 1.165) is 22.5 Å². The fourth-order valence-electron chi connectivity index (χ4n) is 3.20. The molecule has 1 aromatic heterocycles. The number of para-hydroxylation sites is 2. The quantitative estimate of drug-likeness (QED) is 0.386. The van der Waals surface area contributed by atoms with Gasteiger partial charge in [0.1, 0.15) is 5.82 Å². The summed E-state index contributed by atoms with van der Waals surface area (Å²) in [6, 6.07) is 23.2. The van der Waals surface area contributed by atoms with Crippen molar-refractivity contribution in [2.24, 2.45) is 0 Å². The van der Waals surface area contributed by atoms with Gasteiger partial charge in [-0.1, -0.05) is 48.2 Å². The minimum absolute atomic E-state index is 0.149. The van der Waals surface area contributed by atoms with E-state index in [9.17, 15) is 9.18 Å². The van der Waals surface area contributed by atoms with Gasteiger partial charge in [0.15, 0.2) is 11.0 Å². The van der Waals surface area contributed by atoms with Crippen molar-refractivity contribution in [3.63, 3.8) is 0 Å². The number of carbonyl (C=O) groups excluding carboxylic acids is 1. The van der Waals surface area contributed by atoms with E-state index in [0.29, 0.717) is 17.6 Å². The minimum atomic E-state index is -0.320. The molecule has 1 heterocycles. The Balaban J connectivity index is 1.56. The lowest BCUT2D eigenvalue weighted by molar-refractivity contribution is -0.113. The maximum absolute atomic E-state index is 13.4. The molecule has 0 bridgehead atoms. The number of hydrogen-bond acceptors (Lipinski definition) is 5. The molecule has 6 nitrogen and oxygen atoms in total. The zero-order valence-electron chi connectivity index (χ0n) is 17.4. The van der Waals surface area contributed by atoms with Gasteiger partial charge in [0.2, 0.25) is 5.91 Å². The monoisotopic (exact) mass is 448 g/mol. The Kier molecular flexibility index (Phi) is 6.94. The number of benzene rings is 3. The van der Waals surface area contributed by atoms with Crippen LogP contribution in [0.15, 0.2) is 84.0 Å². The molecule has 1 N–H and O–H groups in total. The number of ether oxygens (including phenoxy) is 1. The van der Waals surface area contributed by atoms with E-state index in [1.165, 1.54) is 23.9 Å². The Morgan fingerprint density at radius 1 is 1.00 bits per heavy atom. The summed E-state index contributed by atoms with van der Waals surface area (Å²) in [5.74, 6) is 0.240. The zero-order valence-corrected chi connectivity index (χ0v) is 18.2. The summed E-state index contributed by atoms with van der Waals surface area (Å²) in [6.07, 6.45) is 0. The molecule has 0 aliphatic carbocycles. The van der Waals surface area contributed by atoms with Crippen LogP contribution in [-0.4, -0.2) is 33.5 Å². The molecule has 0 saturated carbocycles. The topological polar surface area (TPSA) is 69.0 Å². The summed E-state index contributed by atoms with van der Waals surface area (Å²) in [7, 11) is 1.61. The van der Waals surface area contributed by atoms with E-state index >= 15 is 0 Å². The van der Waals surface area contributed by atoms with Crippen LogP contribution in [0.25, 0.3) is 17.1 Å². The Morgan fingerprint density at radius 2 is 1.72 bits per heavy atom. The predicted octanol–water partition coefficient (Wildman–Crippen LogP) is 4.95. The number of aromatic nitrogens is 3. The van der Waals surface area contributed by atoms with Gasteiger partial charge in [0, 0.05) is 29.6 Å². The van der Waals surface area contributed by atoms with Crippen molar-refractivity contribution in [3.8, 4) is 17.1 Å². The second-order valence-corrected chi connectivity index (χ2v) is 7.85. The largest absolute Gasteiger partial charge is 0.380 e. The highest BCUT2D eigenvalue weighted by molar-refractivity contribution is 7.99. The summed E-state index contributed by atoms with van der Waals surface area (Å²) in [4.78, 5) is 12.6. The van der Waals surface area contributed by atoms with Crippen LogP contribution in [0.1, 0.15) is 5.56 Å². The third-order valence-electron chi connectivity index (χ3n) is 4.67. The van der Waals surface area contributed by atoms with Gasteiger partial charge in [-0.15, -0.1) is 10.2 Å². The van der Waals surface area contributed by atoms with Crippen LogP contribution in [-0.2, 0) is 16.1 Å². The molecule has 0 radical (unpaired) electrons. The average molecular weight is 449 g/mol. The van der Waals surface area contributed by atoms with Gasteiger partial charge in [-0.2, -0.15) is 0 Å². The molecule has 3 aromatic carbocycles. The van der Waals surface area contributed by atoms with Crippen LogP contribution in [0.2, 0.25) is 0 Å². The molecule has 4 rings (SSSR count). The fraction of sp³-hybridized carbons (Fsp3) is 0.125. The standard InChI is InChI=1S/C24H21FN4O2S/c1-31-15-18-7-5-6-10-21(18)26-22(30)16-32-24-28-27-23(17-11-13-19(25)14-12-17)29(24)20-8-3-2-4-9-20/h2-14H,15-16H2,1H3,(H,26,30). The second kappa shape index (κ2) is 10.2. The van der Waals surface area contributed by atoms with Gasteiger partial charge in [-0.05, 0) is 42.5 Å². The van der Waals surface area contributed by atoms with Crippen molar-refractivity contribution in [1.82, 2.24) is 14.8 Å². The summed E-state index contributed by atoms with van der Waals surface area (Å²) in [5, 5.41) is 12.1. The van der Waals surface area contributed by atoms with Crippen LogP contribution in [0.4, 0.5) is 10.1 Å². The Bertz CT molecular complexity index is 1200. The van der Waals surface area contributed by atoms with Crippen molar-refractivity contribution < 1.29 is 13.9 Å². The number of nitrogens with zero attached hydrogens (tertiary/aromatic N) is 3. The smallest absolute Gasteiger partial charge is 0.234 e. The van der Waals surface area contributed by atoms with E-state index in [4.69, 9.17) is 4.74 Å². The van der Waals surface area contributed by atoms with Crippen molar-refractivity contribution in [1.29, 1.82) is 0 Å². The molecular weight excluding hydrogens is 427 g/mol. The first-order valence-corrected chi connectivity index (χ1v) is 10.9. The number of hydrogen-bond donors (Lipinski definition) is 1. The van der Waals surface area contributed by atoms with Crippen LogP contribution >= 0.6 is 11.8 Å². The minimum Gasteiger partial charge on any atom is -0.380 e. The van der Waals surface area contributed by atoms with Gasteiger partial charge in [-0.3, -0.25) is 9.36 Å². The highest BCUT2D eigenvalue weighted by Gasteiger charge is 2.17. The van der Waals surface area contributed by atoms with Gasteiger partial charge in [-0.25, -0.2) is 4.39 Å². The SMILES string of the molecule is COCc1ccccc1NC(=O)CSc1nnc(-c2ccc(F)cc2)n1-c1ccccc1. The average Bonchev–Trinajstić information content (AvgIpc) is 3.24. The number of thioether (sulfide) groups is 1. The molecular formula is C24H21FN4O2S. The molecule has 0 saturated heterocycles. The highest BCUT2D eigenvalue weighted by atomic mass is 32.2. The Morgan fingerprint density at radius 3 is 2.47 bits per heavy atom. The number of rotatable bonds is 8. The Hall–Kier alpha value is -3.49. The lowest BCUT2D eigenvalue weighted by atomic mass is 10.2. The van der Waals surface area contributed by atoms with E-state index in [2.05, 4.69) is 15.5 Å². The lowest BCUT2D eigenvalue weighted by Crippen LogP contribution is -2.16. The third kappa shape index (κ3) is 5.04. The van der Waals surface area contributed by atoms with Crippen LogP contribution < -0.4 is 5.32 Å². The maximum Gasteiger partial charge on any atom is 0.234 e. The van der Waals surface area contributed by atoms with E-state index < -0.39 is 0 Å². The molecule has 0 fully saturated rings. The first-order valence-electron chi connectivity index (χ1n) is 9.92. The Labute approximate surface area is 189 Å². The fourth-order valence-corrected chi connectivity index (χ4v) is 3.95. The molecule has 0 atom stereocenters. The summed E-state index contributed by atoms with van der Waals surface area (Å²) in [5.41, 5.74) is 3.20. The van der Waals surface area contributed by atoms with Crippen molar-refractivity contribution >= 4 is 23.4 Å². The molecule has 0 unspecified atom stereocenters. The predicted molar refractivity (Wildman–Crippen MR) is 123 cm³/mol. The molecule has 0 spiro atoms. The molecule has 4 aromatic rings. The summed E-state index contributed by atoms with van der Waals surface area (Å²) in [6.45, 7) is 0.410. The van der Waals surface area contributed by atoms with E-state index in [1.807, 2.05) is 59.2 Å².